The third kappa shape index (κ3) is 11.1. The van der Waals surface area contributed by atoms with Crippen LogP contribution in [0.3, 0.4) is 0 Å². The van der Waals surface area contributed by atoms with Crippen LogP contribution in [0.1, 0.15) is 23.6 Å². The van der Waals surface area contributed by atoms with Gasteiger partial charge in [0, 0.05) is 6.92 Å². The lowest BCUT2D eigenvalue weighted by atomic mass is 10.1. The third-order valence-corrected chi connectivity index (χ3v) is 12.2. The van der Waals surface area contributed by atoms with Gasteiger partial charge in [-0.1, -0.05) is 34.0 Å². The number of ether oxygens (including phenoxy) is 9. The van der Waals surface area contributed by atoms with Crippen LogP contribution in [0.5, 0.6) is 51.7 Å². The smallest absolute Gasteiger partial charge is 0.300 e. The van der Waals surface area contributed by atoms with E-state index in [1.807, 2.05) is 0 Å². The number of aromatic nitrogens is 9. The second-order valence-electron chi connectivity index (χ2n) is 13.5. The molecule has 0 aliphatic heterocycles. The lowest BCUT2D eigenvalue weighted by molar-refractivity contribution is -0.134. The highest BCUT2D eigenvalue weighted by atomic mass is 32.1. The summed E-state index contributed by atoms with van der Waals surface area (Å²) in [6.45, 7) is 1.08. The number of hydrogen-bond donors (Lipinski definition) is 1. The van der Waals surface area contributed by atoms with E-state index in [1.165, 1.54) is 66.5 Å². The van der Waals surface area contributed by atoms with Gasteiger partial charge in [0.15, 0.2) is 34.5 Å². The molecule has 0 radical (unpaired) electrons. The van der Waals surface area contributed by atoms with Gasteiger partial charge in [-0.2, -0.15) is 28.8 Å². The molecule has 6 aromatic heterocycles. The van der Waals surface area contributed by atoms with Gasteiger partial charge in [0.1, 0.15) is 19.0 Å². The van der Waals surface area contributed by atoms with Crippen LogP contribution >= 0.6 is 34.0 Å². The molecule has 23 nitrogen and oxygen atoms in total. The van der Waals surface area contributed by atoms with Crippen molar-refractivity contribution in [3.63, 3.8) is 0 Å². The van der Waals surface area contributed by atoms with Gasteiger partial charge >= 0.3 is 0 Å². The number of carboxylic acids is 1. The molecule has 0 atom stereocenters. The fourth-order valence-corrected chi connectivity index (χ4v) is 8.99. The number of carbonyl (C=O) groups is 1. The summed E-state index contributed by atoms with van der Waals surface area (Å²) in [4.78, 5) is 59.3. The molecule has 0 amide bonds. The van der Waals surface area contributed by atoms with Crippen molar-refractivity contribution in [2.24, 2.45) is 0 Å². The van der Waals surface area contributed by atoms with Gasteiger partial charge in [0.05, 0.1) is 77.6 Å². The van der Waals surface area contributed by atoms with E-state index in [-0.39, 0.29) is 16.7 Å². The van der Waals surface area contributed by atoms with Crippen molar-refractivity contribution in [2.75, 3.05) is 64.0 Å². The normalized spacial score (nSPS) is 11.5. The molecule has 6 heterocycles. The van der Waals surface area contributed by atoms with Crippen LogP contribution in [0.2, 0.25) is 0 Å². The average molecular weight is 1020 g/mol. The Labute approximate surface area is 407 Å². The number of nitrogens with zero attached hydrogens (tertiary/aromatic N) is 9. The SMILES string of the molecule is CC(=O)O.COc1cc(/C=c2\sc3ncnn3c2=O)cc(OC)c1OC.COc1cc(/C=c2\sc3ncnn3c2=O)cc(OC)c1OC.COc1cc(/C=c2\sc3ncnn3c2=O)cc(OC)c1OC. The average Bonchev–Trinajstić information content (AvgIpc) is 4.24. The van der Waals surface area contributed by atoms with E-state index in [0.29, 0.717) is 80.2 Å². The summed E-state index contributed by atoms with van der Waals surface area (Å²) in [5, 5.41) is 19.1. The van der Waals surface area contributed by atoms with Gasteiger partial charge in [-0.15, -0.1) is 0 Å². The monoisotopic (exact) mass is 1020 g/mol. The first-order valence-corrected chi connectivity index (χ1v) is 22.3. The highest BCUT2D eigenvalue weighted by molar-refractivity contribution is 7.15. The van der Waals surface area contributed by atoms with Crippen LogP contribution in [0, 0.1) is 0 Å². The largest absolute Gasteiger partial charge is 0.493 e. The van der Waals surface area contributed by atoms with Crippen molar-refractivity contribution in [3.05, 3.63) is 117 Å². The van der Waals surface area contributed by atoms with Crippen molar-refractivity contribution in [1.82, 2.24) is 43.8 Å². The van der Waals surface area contributed by atoms with Gasteiger partial charge in [0.2, 0.25) is 32.1 Å². The molecule has 9 aromatic rings. The summed E-state index contributed by atoms with van der Waals surface area (Å²) in [6.07, 6.45) is 9.30. The number of benzene rings is 3. The number of aliphatic carboxylic acids is 1. The molecular weight excluding hydrogens is 975 g/mol. The van der Waals surface area contributed by atoms with Crippen LogP contribution in [0.25, 0.3) is 33.1 Å². The number of methoxy groups -OCH3 is 9. The summed E-state index contributed by atoms with van der Waals surface area (Å²) in [5.74, 6) is 3.85. The lowest BCUT2D eigenvalue weighted by Gasteiger charge is -2.12. The van der Waals surface area contributed by atoms with Gasteiger partial charge in [-0.05, 0) is 71.3 Å². The molecule has 366 valence electrons. The third-order valence-electron chi connectivity index (χ3n) is 9.32. The molecule has 0 aliphatic carbocycles. The number of hydrogen-bond acceptors (Lipinski definition) is 22. The molecule has 0 saturated carbocycles. The zero-order valence-electron chi connectivity index (χ0n) is 38.9. The van der Waals surface area contributed by atoms with E-state index < -0.39 is 5.97 Å². The maximum Gasteiger partial charge on any atom is 0.300 e. The maximum atomic E-state index is 12.2. The molecule has 70 heavy (non-hydrogen) atoms. The Morgan fingerprint density at radius 3 is 0.829 bits per heavy atom. The second kappa shape index (κ2) is 23.1. The number of carboxylic acid groups (broad SMARTS) is 1. The topological polar surface area (TPSA) is 262 Å². The first kappa shape index (κ1) is 51.0. The summed E-state index contributed by atoms with van der Waals surface area (Å²) in [6, 6.07) is 10.6. The minimum atomic E-state index is -0.833. The number of rotatable bonds is 12. The molecule has 0 spiro atoms. The van der Waals surface area contributed by atoms with Crippen LogP contribution in [0.15, 0.2) is 69.8 Å². The van der Waals surface area contributed by atoms with E-state index in [2.05, 4.69) is 30.2 Å². The Morgan fingerprint density at radius 2 is 0.657 bits per heavy atom. The molecule has 0 saturated heterocycles. The second-order valence-corrected chi connectivity index (χ2v) is 16.5. The molecular formula is C44H43N9O14S3. The Balaban J connectivity index is 0.000000166. The van der Waals surface area contributed by atoms with Crippen LogP contribution < -0.4 is 72.9 Å². The Hall–Kier alpha value is -8.36. The van der Waals surface area contributed by atoms with Crippen molar-refractivity contribution < 1.29 is 52.5 Å². The quantitative estimate of drug-likeness (QED) is 0.184. The molecule has 9 rings (SSSR count). The summed E-state index contributed by atoms with van der Waals surface area (Å²) < 4.78 is 53.1. The molecule has 0 unspecified atom stereocenters. The zero-order valence-corrected chi connectivity index (χ0v) is 41.4. The Morgan fingerprint density at radius 1 is 0.443 bits per heavy atom. The predicted molar refractivity (Wildman–Crippen MR) is 259 cm³/mol. The summed E-state index contributed by atoms with van der Waals surface area (Å²) in [7, 11) is 13.9. The van der Waals surface area contributed by atoms with E-state index in [0.717, 1.165) is 23.6 Å². The van der Waals surface area contributed by atoms with Crippen molar-refractivity contribution >= 4 is 73.1 Å². The minimum Gasteiger partial charge on any atom is -0.493 e. The van der Waals surface area contributed by atoms with Gasteiger partial charge in [0.25, 0.3) is 22.6 Å². The van der Waals surface area contributed by atoms with Crippen molar-refractivity contribution in [3.8, 4) is 51.7 Å². The number of fused-ring (bicyclic) bond motifs is 3. The van der Waals surface area contributed by atoms with Gasteiger partial charge in [-0.3, -0.25) is 19.2 Å². The van der Waals surface area contributed by atoms with Crippen LogP contribution in [-0.4, -0.2) is 119 Å². The summed E-state index contributed by atoms with van der Waals surface area (Å²) in [5.41, 5.74) is 1.67. The molecule has 1 N–H and O–H groups in total. The van der Waals surface area contributed by atoms with E-state index >= 15 is 0 Å². The fourth-order valence-electron chi connectivity index (χ4n) is 6.34. The standard InChI is InChI=1S/3C14H13N3O4S.C2H4O2/c3*1-19-9-4-8(5-10(20-2)12(9)21-3)6-11-13(18)17-14(22-11)15-7-16-17;1-2(3)4/h3*4-7H,1-3H3;1H3,(H,3,4)/b3*11-6-;. The van der Waals surface area contributed by atoms with E-state index in [4.69, 9.17) is 52.5 Å². The van der Waals surface area contributed by atoms with Gasteiger partial charge in [-0.25, -0.2) is 15.0 Å². The summed E-state index contributed by atoms with van der Waals surface area (Å²) >= 11 is 3.81. The zero-order chi connectivity index (χ0) is 50.6. The minimum absolute atomic E-state index is 0.203. The highest BCUT2D eigenvalue weighted by Crippen LogP contribution is 2.40. The predicted octanol–water partition coefficient (Wildman–Crippen LogP) is 2.26. The fraction of sp³-hybridized carbons (Fsp3) is 0.227. The maximum absolute atomic E-state index is 12.2. The molecule has 0 bridgehead atoms. The molecule has 26 heteroatoms. The van der Waals surface area contributed by atoms with E-state index in [9.17, 15) is 14.4 Å². The molecule has 0 aliphatic rings. The highest BCUT2D eigenvalue weighted by Gasteiger charge is 2.16. The molecule has 3 aromatic carbocycles. The van der Waals surface area contributed by atoms with Crippen molar-refractivity contribution in [1.29, 1.82) is 0 Å². The Kier molecular flexibility index (Phi) is 16.8. The van der Waals surface area contributed by atoms with Crippen molar-refractivity contribution in [2.45, 2.75) is 6.92 Å². The number of thiazole rings is 3. The van der Waals surface area contributed by atoms with Crippen LogP contribution in [0.4, 0.5) is 0 Å². The molecule has 0 fully saturated rings. The van der Waals surface area contributed by atoms with Gasteiger partial charge < -0.3 is 47.7 Å². The van der Waals surface area contributed by atoms with Crippen LogP contribution in [-0.2, 0) is 4.79 Å². The Bertz CT molecular complexity index is 3200. The van der Waals surface area contributed by atoms with E-state index in [1.54, 1.807) is 119 Å². The first-order valence-electron chi connectivity index (χ1n) is 19.9. The first-order chi connectivity index (χ1) is 33.7. The lowest BCUT2D eigenvalue weighted by Crippen LogP contribution is -2.23.